The Bertz CT molecular complexity index is 374. The number of hydrogen-bond donors (Lipinski definition) is 1. The summed E-state index contributed by atoms with van der Waals surface area (Å²) in [4.78, 5) is 2.17. The number of rotatable bonds is 3. The molecule has 0 radical (unpaired) electrons. The van der Waals surface area contributed by atoms with Crippen LogP contribution in [-0.4, -0.2) is 19.6 Å². The Morgan fingerprint density at radius 3 is 3.00 bits per heavy atom. The van der Waals surface area contributed by atoms with Crippen LogP contribution in [0, 0.1) is 0 Å². The van der Waals surface area contributed by atoms with Crippen molar-refractivity contribution >= 4 is 5.69 Å². The van der Waals surface area contributed by atoms with Crippen molar-refractivity contribution in [3.8, 4) is 0 Å². The topological polar surface area (TPSA) is 29.3 Å². The van der Waals surface area contributed by atoms with Crippen LogP contribution < -0.4 is 10.6 Å². The molecule has 15 heavy (non-hydrogen) atoms. The molecule has 0 atom stereocenters. The SMILES string of the molecule is NCC(=CF)CN1CCc2ccccc21. The van der Waals surface area contributed by atoms with Gasteiger partial charge in [-0.05, 0) is 23.6 Å². The van der Waals surface area contributed by atoms with Gasteiger partial charge in [0.15, 0.2) is 0 Å². The molecule has 0 amide bonds. The van der Waals surface area contributed by atoms with Gasteiger partial charge in [0.2, 0.25) is 0 Å². The lowest BCUT2D eigenvalue weighted by Gasteiger charge is -2.19. The van der Waals surface area contributed by atoms with Crippen molar-refractivity contribution in [2.45, 2.75) is 6.42 Å². The first kappa shape index (κ1) is 10.2. The number of nitrogens with two attached hydrogens (primary N) is 1. The van der Waals surface area contributed by atoms with Gasteiger partial charge in [-0.2, -0.15) is 0 Å². The fourth-order valence-corrected chi connectivity index (χ4v) is 1.96. The first-order valence-corrected chi connectivity index (χ1v) is 5.16. The van der Waals surface area contributed by atoms with Crippen LogP contribution in [0.5, 0.6) is 0 Å². The molecule has 3 heteroatoms. The minimum atomic E-state index is 0.287. The Morgan fingerprint density at radius 2 is 2.27 bits per heavy atom. The molecule has 0 aromatic heterocycles. The van der Waals surface area contributed by atoms with Crippen LogP contribution >= 0.6 is 0 Å². The van der Waals surface area contributed by atoms with Gasteiger partial charge in [-0.1, -0.05) is 18.2 Å². The van der Waals surface area contributed by atoms with Gasteiger partial charge in [-0.3, -0.25) is 0 Å². The summed E-state index contributed by atoms with van der Waals surface area (Å²) in [5.74, 6) is 0. The van der Waals surface area contributed by atoms with Crippen LogP contribution in [0.15, 0.2) is 36.2 Å². The first-order chi connectivity index (χ1) is 7.35. The summed E-state index contributed by atoms with van der Waals surface area (Å²) in [6.07, 6.45) is 1.67. The third-order valence-corrected chi connectivity index (χ3v) is 2.79. The Kier molecular flexibility index (Phi) is 3.02. The second kappa shape index (κ2) is 4.45. The highest BCUT2D eigenvalue weighted by Gasteiger charge is 2.18. The zero-order valence-corrected chi connectivity index (χ0v) is 8.62. The zero-order chi connectivity index (χ0) is 10.7. The lowest BCUT2D eigenvalue weighted by molar-refractivity contribution is 0.695. The molecule has 1 aliphatic heterocycles. The molecule has 2 rings (SSSR count). The van der Waals surface area contributed by atoms with Gasteiger partial charge < -0.3 is 10.6 Å². The highest BCUT2D eigenvalue weighted by atomic mass is 19.1. The maximum Gasteiger partial charge on any atom is 0.0889 e. The average Bonchev–Trinajstić information content (AvgIpc) is 2.69. The van der Waals surface area contributed by atoms with E-state index in [4.69, 9.17) is 5.73 Å². The molecule has 1 aromatic rings. The Morgan fingerprint density at radius 1 is 1.47 bits per heavy atom. The molecule has 0 saturated heterocycles. The Hall–Kier alpha value is -1.35. The summed E-state index contributed by atoms with van der Waals surface area (Å²) in [7, 11) is 0. The first-order valence-electron chi connectivity index (χ1n) is 5.16. The second-order valence-electron chi connectivity index (χ2n) is 3.77. The van der Waals surface area contributed by atoms with Gasteiger partial charge in [0.1, 0.15) is 0 Å². The lowest BCUT2D eigenvalue weighted by atomic mass is 10.2. The van der Waals surface area contributed by atoms with Gasteiger partial charge >= 0.3 is 0 Å². The zero-order valence-electron chi connectivity index (χ0n) is 8.62. The van der Waals surface area contributed by atoms with Gasteiger partial charge in [0.25, 0.3) is 0 Å². The Balaban J connectivity index is 2.14. The number of hydrogen-bond acceptors (Lipinski definition) is 2. The van der Waals surface area contributed by atoms with Crippen molar-refractivity contribution in [3.05, 3.63) is 41.7 Å². The minimum absolute atomic E-state index is 0.287. The van der Waals surface area contributed by atoms with Gasteiger partial charge in [-0.15, -0.1) is 0 Å². The van der Waals surface area contributed by atoms with Crippen molar-refractivity contribution in [3.63, 3.8) is 0 Å². The molecule has 2 nitrogen and oxygen atoms in total. The molecule has 0 saturated carbocycles. The molecular weight excluding hydrogens is 191 g/mol. The lowest BCUT2D eigenvalue weighted by Crippen LogP contribution is -2.25. The van der Waals surface area contributed by atoms with Crippen LogP contribution in [0.4, 0.5) is 10.1 Å². The molecule has 2 N–H and O–H groups in total. The van der Waals surface area contributed by atoms with E-state index in [0.29, 0.717) is 18.4 Å². The van der Waals surface area contributed by atoms with E-state index in [1.165, 1.54) is 11.3 Å². The van der Waals surface area contributed by atoms with Crippen molar-refractivity contribution in [2.75, 3.05) is 24.5 Å². The van der Waals surface area contributed by atoms with Gasteiger partial charge in [0, 0.05) is 25.3 Å². The predicted molar refractivity (Wildman–Crippen MR) is 60.6 cm³/mol. The summed E-state index contributed by atoms with van der Waals surface area (Å²) in [6.45, 7) is 1.84. The quantitative estimate of drug-likeness (QED) is 0.818. The van der Waals surface area contributed by atoms with E-state index in [2.05, 4.69) is 17.0 Å². The summed E-state index contributed by atoms with van der Waals surface area (Å²) < 4.78 is 12.4. The molecule has 0 unspecified atom stereocenters. The third-order valence-electron chi connectivity index (χ3n) is 2.79. The molecule has 0 fully saturated rings. The van der Waals surface area contributed by atoms with Crippen LogP contribution in [0.3, 0.4) is 0 Å². The number of para-hydroxylation sites is 1. The largest absolute Gasteiger partial charge is 0.367 e. The van der Waals surface area contributed by atoms with Crippen LogP contribution in [-0.2, 0) is 6.42 Å². The maximum atomic E-state index is 12.4. The van der Waals surface area contributed by atoms with Crippen LogP contribution in [0.2, 0.25) is 0 Å². The molecule has 1 heterocycles. The van der Waals surface area contributed by atoms with E-state index >= 15 is 0 Å². The number of fused-ring (bicyclic) bond motifs is 1. The number of halogens is 1. The molecule has 0 spiro atoms. The number of nitrogens with zero attached hydrogens (tertiary/aromatic N) is 1. The standard InChI is InChI=1S/C12H15FN2/c13-7-10(8-14)9-15-6-5-11-3-1-2-4-12(11)15/h1-4,7H,5-6,8-9,14H2. The highest BCUT2D eigenvalue weighted by Crippen LogP contribution is 2.27. The van der Waals surface area contributed by atoms with E-state index < -0.39 is 0 Å². The molecule has 0 bridgehead atoms. The Labute approximate surface area is 89.2 Å². The van der Waals surface area contributed by atoms with Gasteiger partial charge in [-0.25, -0.2) is 4.39 Å². The predicted octanol–water partition coefficient (Wildman–Crippen LogP) is 1.86. The smallest absolute Gasteiger partial charge is 0.0889 e. The summed E-state index contributed by atoms with van der Waals surface area (Å²) in [5, 5.41) is 0. The average molecular weight is 206 g/mol. The van der Waals surface area contributed by atoms with E-state index in [9.17, 15) is 4.39 Å². The van der Waals surface area contributed by atoms with Crippen molar-refractivity contribution < 1.29 is 4.39 Å². The van der Waals surface area contributed by atoms with E-state index in [-0.39, 0.29) is 6.54 Å². The normalized spacial score (nSPS) is 15.6. The van der Waals surface area contributed by atoms with Crippen LogP contribution in [0.1, 0.15) is 5.56 Å². The van der Waals surface area contributed by atoms with E-state index in [1.54, 1.807) is 0 Å². The fraction of sp³-hybridized carbons (Fsp3) is 0.333. The summed E-state index contributed by atoms with van der Waals surface area (Å²) in [6, 6.07) is 8.25. The fourth-order valence-electron chi connectivity index (χ4n) is 1.96. The summed E-state index contributed by atoms with van der Waals surface area (Å²) in [5.41, 5.74) is 8.65. The summed E-state index contributed by atoms with van der Waals surface area (Å²) >= 11 is 0. The van der Waals surface area contributed by atoms with E-state index in [1.807, 2.05) is 12.1 Å². The minimum Gasteiger partial charge on any atom is -0.367 e. The second-order valence-corrected chi connectivity index (χ2v) is 3.77. The molecule has 80 valence electrons. The monoisotopic (exact) mass is 206 g/mol. The number of benzene rings is 1. The van der Waals surface area contributed by atoms with E-state index in [0.717, 1.165) is 13.0 Å². The third kappa shape index (κ3) is 2.02. The van der Waals surface area contributed by atoms with Crippen molar-refractivity contribution in [1.29, 1.82) is 0 Å². The molecule has 1 aromatic carbocycles. The van der Waals surface area contributed by atoms with Crippen molar-refractivity contribution in [1.82, 2.24) is 0 Å². The maximum absolute atomic E-state index is 12.4. The molecule has 1 aliphatic rings. The van der Waals surface area contributed by atoms with Gasteiger partial charge in [0.05, 0.1) is 6.33 Å². The highest BCUT2D eigenvalue weighted by molar-refractivity contribution is 5.58. The number of anilines is 1. The molecular formula is C12H15FN2. The van der Waals surface area contributed by atoms with Crippen molar-refractivity contribution in [2.24, 2.45) is 5.73 Å². The molecule has 0 aliphatic carbocycles. The van der Waals surface area contributed by atoms with Crippen LogP contribution in [0.25, 0.3) is 0 Å².